The number of aromatic nitrogens is 1. The summed E-state index contributed by atoms with van der Waals surface area (Å²) in [5.74, 6) is 0.129. The van der Waals surface area contributed by atoms with Gasteiger partial charge in [-0.1, -0.05) is 48.0 Å². The summed E-state index contributed by atoms with van der Waals surface area (Å²) < 4.78 is 0. The van der Waals surface area contributed by atoms with E-state index in [-0.39, 0.29) is 17.9 Å². The fourth-order valence-corrected chi connectivity index (χ4v) is 5.34. The molecule has 1 aromatic heterocycles. The van der Waals surface area contributed by atoms with Crippen LogP contribution in [0.1, 0.15) is 34.5 Å². The topological polar surface area (TPSA) is 65.5 Å². The number of piperidine rings is 1. The summed E-state index contributed by atoms with van der Waals surface area (Å²) in [5.41, 5.74) is 2.28. The first kappa shape index (κ1) is 23.5. The van der Waals surface area contributed by atoms with Gasteiger partial charge in [-0.3, -0.25) is 19.9 Å². The number of pyridine rings is 1. The van der Waals surface area contributed by atoms with Gasteiger partial charge in [0.25, 0.3) is 5.91 Å². The standard InChI is InChI=1S/C28H29ClN4O2/c29-23-11-9-22(10-12-23)26(34)32-18-14-28(15-19-32)31-25(20-21-6-2-1-3-7-21)27(35)33(28)17-13-24-8-4-5-16-30-24/h1-12,16,25,31H,13-15,17-20H2/t25-/m1/s1. The van der Waals surface area contributed by atoms with Crippen molar-refractivity contribution in [3.63, 3.8) is 0 Å². The maximum absolute atomic E-state index is 13.6. The molecule has 1 atom stereocenters. The quantitative estimate of drug-likeness (QED) is 0.570. The molecule has 0 aliphatic carbocycles. The molecule has 0 saturated carbocycles. The first-order valence-corrected chi connectivity index (χ1v) is 12.5. The molecule has 2 fully saturated rings. The molecule has 0 unspecified atom stereocenters. The number of hydrogen-bond donors (Lipinski definition) is 1. The lowest BCUT2D eigenvalue weighted by molar-refractivity contribution is -0.133. The van der Waals surface area contributed by atoms with Crippen LogP contribution in [0.2, 0.25) is 5.02 Å². The lowest BCUT2D eigenvalue weighted by Crippen LogP contribution is -2.60. The molecule has 1 spiro atoms. The van der Waals surface area contributed by atoms with Crippen LogP contribution in [0.25, 0.3) is 0 Å². The van der Waals surface area contributed by atoms with Crippen molar-refractivity contribution < 1.29 is 9.59 Å². The smallest absolute Gasteiger partial charge is 0.253 e. The Morgan fingerprint density at radius 3 is 2.40 bits per heavy atom. The van der Waals surface area contributed by atoms with Crippen LogP contribution in [0.5, 0.6) is 0 Å². The molecule has 2 aliphatic heterocycles. The van der Waals surface area contributed by atoms with Crippen molar-refractivity contribution in [3.05, 3.63) is 101 Å². The molecule has 3 heterocycles. The molecule has 3 aromatic rings. The Bertz CT molecular complexity index is 1160. The maximum Gasteiger partial charge on any atom is 0.253 e. The second kappa shape index (κ2) is 10.2. The van der Waals surface area contributed by atoms with Crippen molar-refractivity contribution in [3.8, 4) is 0 Å². The number of likely N-dealkylation sites (tertiary alicyclic amines) is 1. The number of nitrogens with zero attached hydrogens (tertiary/aromatic N) is 3. The molecule has 180 valence electrons. The summed E-state index contributed by atoms with van der Waals surface area (Å²) in [6.45, 7) is 1.76. The van der Waals surface area contributed by atoms with Crippen LogP contribution in [0.4, 0.5) is 0 Å². The zero-order valence-corrected chi connectivity index (χ0v) is 20.3. The van der Waals surface area contributed by atoms with E-state index >= 15 is 0 Å². The Morgan fingerprint density at radius 2 is 1.71 bits per heavy atom. The molecule has 6 nitrogen and oxygen atoms in total. The Hall–Kier alpha value is -3.22. The summed E-state index contributed by atoms with van der Waals surface area (Å²) in [5, 5.41) is 4.31. The predicted molar refractivity (Wildman–Crippen MR) is 136 cm³/mol. The highest BCUT2D eigenvalue weighted by Gasteiger charge is 2.51. The molecule has 2 aliphatic rings. The van der Waals surface area contributed by atoms with Gasteiger partial charge in [-0.15, -0.1) is 0 Å². The summed E-state index contributed by atoms with van der Waals surface area (Å²) in [7, 11) is 0. The van der Waals surface area contributed by atoms with E-state index < -0.39 is 5.66 Å². The molecule has 35 heavy (non-hydrogen) atoms. The third-order valence-electron chi connectivity index (χ3n) is 7.09. The van der Waals surface area contributed by atoms with Gasteiger partial charge >= 0.3 is 0 Å². The largest absolute Gasteiger partial charge is 0.338 e. The maximum atomic E-state index is 13.6. The highest BCUT2D eigenvalue weighted by atomic mass is 35.5. The Labute approximate surface area is 210 Å². The van der Waals surface area contributed by atoms with Crippen LogP contribution in [0, 0.1) is 0 Å². The SMILES string of the molecule is O=C(c1ccc(Cl)cc1)N1CCC2(CC1)N[C@H](Cc1ccccc1)C(=O)N2CCc1ccccn1. The number of carbonyl (C=O) groups excluding carboxylic acids is 2. The first-order chi connectivity index (χ1) is 17.0. The van der Waals surface area contributed by atoms with E-state index in [9.17, 15) is 9.59 Å². The second-order valence-electron chi connectivity index (χ2n) is 9.28. The zero-order chi connectivity index (χ0) is 24.3. The third kappa shape index (κ3) is 5.09. The number of benzene rings is 2. The molecule has 0 radical (unpaired) electrons. The fraction of sp³-hybridized carbons (Fsp3) is 0.321. The van der Waals surface area contributed by atoms with Crippen LogP contribution < -0.4 is 5.32 Å². The van der Waals surface area contributed by atoms with Gasteiger partial charge in [-0.2, -0.15) is 0 Å². The number of amides is 2. The Morgan fingerprint density at radius 1 is 1.00 bits per heavy atom. The second-order valence-corrected chi connectivity index (χ2v) is 9.71. The van der Waals surface area contributed by atoms with Crippen molar-refractivity contribution >= 4 is 23.4 Å². The summed E-state index contributed by atoms with van der Waals surface area (Å²) in [4.78, 5) is 35.0. The van der Waals surface area contributed by atoms with Crippen molar-refractivity contribution in [1.82, 2.24) is 20.1 Å². The minimum absolute atomic E-state index is 0.00158. The van der Waals surface area contributed by atoms with Crippen molar-refractivity contribution in [2.24, 2.45) is 0 Å². The molecule has 7 heteroatoms. The van der Waals surface area contributed by atoms with E-state index in [0.717, 1.165) is 11.3 Å². The van der Waals surface area contributed by atoms with Gasteiger partial charge in [-0.25, -0.2) is 0 Å². The van der Waals surface area contributed by atoms with Crippen LogP contribution in [-0.4, -0.2) is 57.9 Å². The molecular weight excluding hydrogens is 460 g/mol. The van der Waals surface area contributed by atoms with Crippen LogP contribution >= 0.6 is 11.6 Å². The summed E-state index contributed by atoms with van der Waals surface area (Å²) in [6, 6.07) is 22.7. The molecule has 1 N–H and O–H groups in total. The van der Waals surface area contributed by atoms with Gasteiger partial charge in [0.2, 0.25) is 5.91 Å². The number of nitrogens with one attached hydrogen (secondary N) is 1. The van der Waals surface area contributed by atoms with Crippen LogP contribution in [0.15, 0.2) is 79.0 Å². The fourth-order valence-electron chi connectivity index (χ4n) is 5.22. The summed E-state index contributed by atoms with van der Waals surface area (Å²) >= 11 is 5.98. The van der Waals surface area contributed by atoms with Crippen LogP contribution in [-0.2, 0) is 17.6 Å². The number of carbonyl (C=O) groups is 2. The highest BCUT2D eigenvalue weighted by Crippen LogP contribution is 2.34. The molecule has 5 rings (SSSR count). The van der Waals surface area contributed by atoms with Gasteiger partial charge in [0, 0.05) is 61.4 Å². The van der Waals surface area contributed by atoms with Gasteiger partial charge < -0.3 is 9.80 Å². The normalized spacial score (nSPS) is 19.3. The first-order valence-electron chi connectivity index (χ1n) is 12.1. The number of halogens is 1. The third-order valence-corrected chi connectivity index (χ3v) is 7.35. The van der Waals surface area contributed by atoms with Gasteiger partial charge in [-0.05, 0) is 48.4 Å². The zero-order valence-electron chi connectivity index (χ0n) is 19.6. The lowest BCUT2D eigenvalue weighted by Gasteiger charge is -2.44. The number of hydrogen-bond acceptors (Lipinski definition) is 4. The predicted octanol–water partition coefficient (Wildman–Crippen LogP) is 3.95. The van der Waals surface area contributed by atoms with E-state index in [2.05, 4.69) is 22.4 Å². The van der Waals surface area contributed by atoms with E-state index in [0.29, 0.717) is 55.9 Å². The minimum atomic E-state index is -0.456. The van der Waals surface area contributed by atoms with E-state index in [1.165, 1.54) is 0 Å². The van der Waals surface area contributed by atoms with Crippen LogP contribution in [0.3, 0.4) is 0 Å². The van der Waals surface area contributed by atoms with Gasteiger partial charge in [0.05, 0.1) is 11.7 Å². The Balaban J connectivity index is 1.32. The average Bonchev–Trinajstić information content (AvgIpc) is 3.14. The van der Waals surface area contributed by atoms with Crippen molar-refractivity contribution in [2.75, 3.05) is 19.6 Å². The average molecular weight is 489 g/mol. The monoisotopic (exact) mass is 488 g/mol. The molecule has 2 aromatic carbocycles. The minimum Gasteiger partial charge on any atom is -0.338 e. The molecule has 2 saturated heterocycles. The molecular formula is C28H29ClN4O2. The number of rotatable bonds is 6. The van der Waals surface area contributed by atoms with Crippen molar-refractivity contribution in [2.45, 2.75) is 37.4 Å². The molecule has 0 bridgehead atoms. The highest BCUT2D eigenvalue weighted by molar-refractivity contribution is 6.30. The molecule has 2 amide bonds. The summed E-state index contributed by atoms with van der Waals surface area (Å²) in [6.07, 6.45) is 4.50. The lowest BCUT2D eigenvalue weighted by atomic mass is 9.95. The van der Waals surface area contributed by atoms with Gasteiger partial charge in [0.1, 0.15) is 0 Å². The van der Waals surface area contributed by atoms with E-state index in [1.54, 1.807) is 30.5 Å². The van der Waals surface area contributed by atoms with Gasteiger partial charge in [0.15, 0.2) is 0 Å². The van der Waals surface area contributed by atoms with Crippen molar-refractivity contribution in [1.29, 1.82) is 0 Å². The van der Waals surface area contributed by atoms with E-state index in [4.69, 9.17) is 11.6 Å². The Kier molecular flexibility index (Phi) is 6.84. The van der Waals surface area contributed by atoms with E-state index in [1.807, 2.05) is 46.2 Å².